The highest BCUT2D eigenvalue weighted by Crippen LogP contribution is 2.34. The van der Waals surface area contributed by atoms with E-state index < -0.39 is 11.7 Å². The Morgan fingerprint density at radius 3 is 2.43 bits per heavy atom. The number of hydrogen-bond donors (Lipinski definition) is 2. The highest BCUT2D eigenvalue weighted by atomic mass is 32.1. The van der Waals surface area contributed by atoms with Crippen molar-refractivity contribution in [2.24, 2.45) is 11.7 Å². The van der Waals surface area contributed by atoms with Crippen LogP contribution < -0.4 is 11.1 Å². The second kappa shape index (κ2) is 7.09. The SMILES string of the molecule is COCC(Nc1ccc(C(N)=S)c(C(F)(F)F)c1)C(C)C. The first-order valence-electron chi connectivity index (χ1n) is 6.43. The normalized spacial score (nSPS) is 13.3. The Balaban J connectivity index is 3.13. The molecule has 3 nitrogen and oxygen atoms in total. The molecule has 1 rings (SSSR count). The molecule has 1 aromatic rings. The van der Waals surface area contributed by atoms with Crippen molar-refractivity contribution in [3.05, 3.63) is 29.3 Å². The highest BCUT2D eigenvalue weighted by molar-refractivity contribution is 7.80. The number of methoxy groups -OCH3 is 1. The number of rotatable bonds is 6. The van der Waals surface area contributed by atoms with Gasteiger partial charge in [0, 0.05) is 18.4 Å². The van der Waals surface area contributed by atoms with Crippen LogP contribution in [-0.2, 0) is 10.9 Å². The third-order valence-corrected chi connectivity index (χ3v) is 3.31. The van der Waals surface area contributed by atoms with Crippen LogP contribution >= 0.6 is 12.2 Å². The summed E-state index contributed by atoms with van der Waals surface area (Å²) in [6.07, 6.45) is -4.51. The van der Waals surface area contributed by atoms with Crippen molar-refractivity contribution in [3.63, 3.8) is 0 Å². The van der Waals surface area contributed by atoms with Crippen molar-refractivity contribution in [1.29, 1.82) is 0 Å². The molecular formula is C14H19F3N2OS. The maximum atomic E-state index is 13.1. The van der Waals surface area contributed by atoms with Crippen LogP contribution in [0.3, 0.4) is 0 Å². The Labute approximate surface area is 127 Å². The molecule has 118 valence electrons. The molecule has 0 aromatic heterocycles. The lowest BCUT2D eigenvalue weighted by Crippen LogP contribution is -2.30. The van der Waals surface area contributed by atoms with E-state index in [1.807, 2.05) is 13.8 Å². The number of thiocarbonyl (C=S) groups is 1. The summed E-state index contributed by atoms with van der Waals surface area (Å²) in [7, 11) is 1.55. The number of halogens is 3. The molecule has 0 bridgehead atoms. The first-order chi connectivity index (χ1) is 9.66. The van der Waals surface area contributed by atoms with Crippen LogP contribution in [0.1, 0.15) is 25.0 Å². The zero-order valence-electron chi connectivity index (χ0n) is 12.1. The van der Waals surface area contributed by atoms with Crippen LogP contribution in [0.5, 0.6) is 0 Å². The zero-order chi connectivity index (χ0) is 16.2. The zero-order valence-corrected chi connectivity index (χ0v) is 12.9. The average Bonchev–Trinajstić information content (AvgIpc) is 2.36. The van der Waals surface area contributed by atoms with Crippen LogP contribution in [0, 0.1) is 5.92 Å². The molecule has 0 saturated carbocycles. The van der Waals surface area contributed by atoms with E-state index in [4.69, 9.17) is 10.5 Å². The van der Waals surface area contributed by atoms with E-state index in [9.17, 15) is 13.2 Å². The van der Waals surface area contributed by atoms with E-state index >= 15 is 0 Å². The van der Waals surface area contributed by atoms with Crippen LogP contribution in [0.25, 0.3) is 0 Å². The first-order valence-corrected chi connectivity index (χ1v) is 6.84. The molecule has 0 amide bonds. The fourth-order valence-electron chi connectivity index (χ4n) is 1.88. The van der Waals surface area contributed by atoms with Gasteiger partial charge in [-0.1, -0.05) is 26.1 Å². The number of benzene rings is 1. The maximum Gasteiger partial charge on any atom is 0.417 e. The van der Waals surface area contributed by atoms with Gasteiger partial charge < -0.3 is 15.8 Å². The van der Waals surface area contributed by atoms with Crippen LogP contribution in [0.4, 0.5) is 18.9 Å². The van der Waals surface area contributed by atoms with Crippen molar-refractivity contribution in [2.45, 2.75) is 26.1 Å². The Morgan fingerprint density at radius 1 is 1.38 bits per heavy atom. The molecule has 21 heavy (non-hydrogen) atoms. The van der Waals surface area contributed by atoms with Crippen LogP contribution in [-0.4, -0.2) is 24.7 Å². The van der Waals surface area contributed by atoms with Gasteiger partial charge in [0.25, 0.3) is 0 Å². The van der Waals surface area contributed by atoms with E-state index in [1.165, 1.54) is 12.1 Å². The van der Waals surface area contributed by atoms with Crippen molar-refractivity contribution < 1.29 is 17.9 Å². The Hall–Kier alpha value is -1.34. The number of nitrogens with one attached hydrogen (secondary N) is 1. The topological polar surface area (TPSA) is 47.3 Å². The first kappa shape index (κ1) is 17.7. The summed E-state index contributed by atoms with van der Waals surface area (Å²) < 4.78 is 44.3. The van der Waals surface area contributed by atoms with Crippen molar-refractivity contribution in [3.8, 4) is 0 Å². The lowest BCUT2D eigenvalue weighted by molar-refractivity contribution is -0.137. The predicted molar refractivity (Wildman–Crippen MR) is 81.5 cm³/mol. The molecule has 0 radical (unpaired) electrons. The standard InChI is InChI=1S/C14H19F3N2OS/c1-8(2)12(7-20-3)19-9-4-5-10(13(18)21)11(6-9)14(15,16)17/h4-6,8,12,19H,7H2,1-3H3,(H2,18,21). The molecule has 0 aliphatic carbocycles. The number of alkyl halides is 3. The van der Waals surface area contributed by atoms with Crippen LogP contribution in [0.2, 0.25) is 0 Å². The minimum atomic E-state index is -4.51. The minimum absolute atomic E-state index is 0.0910. The maximum absolute atomic E-state index is 13.1. The highest BCUT2D eigenvalue weighted by Gasteiger charge is 2.34. The lowest BCUT2D eigenvalue weighted by Gasteiger charge is -2.23. The number of hydrogen-bond acceptors (Lipinski definition) is 3. The van der Waals surface area contributed by atoms with Gasteiger partial charge in [0.2, 0.25) is 0 Å². The van der Waals surface area contributed by atoms with Crippen molar-refractivity contribution >= 4 is 22.9 Å². The molecule has 0 heterocycles. The summed E-state index contributed by atoms with van der Waals surface area (Å²) in [6, 6.07) is 3.76. The molecule has 3 N–H and O–H groups in total. The van der Waals surface area contributed by atoms with Crippen molar-refractivity contribution in [2.75, 3.05) is 19.0 Å². The predicted octanol–water partition coefficient (Wildman–Crippen LogP) is 3.42. The van der Waals surface area contributed by atoms with Crippen LogP contribution in [0.15, 0.2) is 18.2 Å². The van der Waals surface area contributed by atoms with Gasteiger partial charge in [0.15, 0.2) is 0 Å². The summed E-state index contributed by atoms with van der Waals surface area (Å²) >= 11 is 4.67. The Kier molecular flexibility index (Phi) is 5.98. The molecule has 0 aliphatic heterocycles. The van der Waals surface area contributed by atoms with Gasteiger partial charge in [-0.2, -0.15) is 13.2 Å². The third-order valence-electron chi connectivity index (χ3n) is 3.09. The fourth-order valence-corrected chi connectivity index (χ4v) is 2.06. The summed E-state index contributed by atoms with van der Waals surface area (Å²) in [5.41, 5.74) is 4.70. The van der Waals surface area contributed by atoms with E-state index in [0.29, 0.717) is 12.3 Å². The number of ether oxygens (including phenoxy) is 1. The molecule has 0 aliphatic rings. The largest absolute Gasteiger partial charge is 0.417 e. The molecule has 0 fully saturated rings. The van der Waals surface area contributed by atoms with E-state index in [0.717, 1.165) is 6.07 Å². The second-order valence-electron chi connectivity index (χ2n) is 5.07. The summed E-state index contributed by atoms with van der Waals surface area (Å²) in [5, 5.41) is 3.05. The molecule has 0 spiro atoms. The minimum Gasteiger partial charge on any atom is -0.389 e. The monoisotopic (exact) mass is 320 g/mol. The molecule has 7 heteroatoms. The molecular weight excluding hydrogens is 301 g/mol. The molecule has 1 aromatic carbocycles. The van der Waals surface area contributed by atoms with Crippen molar-refractivity contribution in [1.82, 2.24) is 0 Å². The van der Waals surface area contributed by atoms with E-state index in [2.05, 4.69) is 17.5 Å². The Bertz CT molecular complexity index is 503. The van der Waals surface area contributed by atoms with Gasteiger partial charge in [-0.25, -0.2) is 0 Å². The lowest BCUT2D eigenvalue weighted by atomic mass is 10.0. The smallest absolute Gasteiger partial charge is 0.389 e. The number of anilines is 1. The van der Waals surface area contributed by atoms with E-state index in [1.54, 1.807) is 7.11 Å². The van der Waals surface area contributed by atoms with Gasteiger partial charge >= 0.3 is 6.18 Å². The average molecular weight is 320 g/mol. The van der Waals surface area contributed by atoms with Gasteiger partial charge in [0.1, 0.15) is 4.99 Å². The molecule has 0 saturated heterocycles. The van der Waals surface area contributed by atoms with Gasteiger partial charge in [-0.05, 0) is 24.1 Å². The van der Waals surface area contributed by atoms with Gasteiger partial charge in [-0.15, -0.1) is 0 Å². The summed E-state index contributed by atoms with van der Waals surface area (Å²) in [5.74, 6) is 0.203. The fraction of sp³-hybridized carbons (Fsp3) is 0.500. The number of nitrogens with two attached hydrogens (primary N) is 1. The summed E-state index contributed by atoms with van der Waals surface area (Å²) in [6.45, 7) is 4.32. The molecule has 1 unspecified atom stereocenters. The second-order valence-corrected chi connectivity index (χ2v) is 5.51. The van der Waals surface area contributed by atoms with E-state index in [-0.39, 0.29) is 22.5 Å². The summed E-state index contributed by atoms with van der Waals surface area (Å²) in [4.78, 5) is -0.272. The van der Waals surface area contributed by atoms with Gasteiger partial charge in [-0.3, -0.25) is 0 Å². The third kappa shape index (κ3) is 4.86. The molecule has 1 atom stereocenters. The quantitative estimate of drug-likeness (QED) is 0.789. The van der Waals surface area contributed by atoms with Gasteiger partial charge in [0.05, 0.1) is 18.2 Å². The Morgan fingerprint density at radius 2 is 2.00 bits per heavy atom.